The summed E-state index contributed by atoms with van der Waals surface area (Å²) in [5.41, 5.74) is 7.94. The molecule has 0 radical (unpaired) electrons. The van der Waals surface area contributed by atoms with Gasteiger partial charge in [0, 0.05) is 22.2 Å². The molecule has 0 aliphatic heterocycles. The van der Waals surface area contributed by atoms with Crippen LogP contribution in [-0.4, -0.2) is 12.6 Å². The molecule has 1 aromatic rings. The SMILES string of the molecule is CC(N)Cc1c(Cl)cccc1OC/C(Cl)=C/Cl. The first-order chi connectivity index (χ1) is 8.04. The normalized spacial score (nSPS) is 13.6. The molecule has 0 bridgehead atoms. The van der Waals surface area contributed by atoms with Crippen LogP contribution >= 0.6 is 34.8 Å². The molecule has 2 nitrogen and oxygen atoms in total. The van der Waals surface area contributed by atoms with Crippen molar-refractivity contribution in [2.24, 2.45) is 5.73 Å². The Morgan fingerprint density at radius 2 is 2.24 bits per heavy atom. The quantitative estimate of drug-likeness (QED) is 0.893. The summed E-state index contributed by atoms with van der Waals surface area (Å²) in [6.07, 6.45) is 0.650. The summed E-state index contributed by atoms with van der Waals surface area (Å²) in [5.74, 6) is 0.687. The monoisotopic (exact) mass is 293 g/mol. The second-order valence-electron chi connectivity index (χ2n) is 3.74. The molecule has 1 unspecified atom stereocenters. The third-order valence-electron chi connectivity index (χ3n) is 2.09. The summed E-state index contributed by atoms with van der Waals surface area (Å²) in [7, 11) is 0. The van der Waals surface area contributed by atoms with Crippen molar-refractivity contribution in [1.82, 2.24) is 0 Å². The van der Waals surface area contributed by atoms with Crippen LogP contribution in [0.1, 0.15) is 12.5 Å². The summed E-state index contributed by atoms with van der Waals surface area (Å²) >= 11 is 17.3. The van der Waals surface area contributed by atoms with Gasteiger partial charge in [0.1, 0.15) is 12.4 Å². The highest BCUT2D eigenvalue weighted by molar-refractivity contribution is 6.36. The van der Waals surface area contributed by atoms with E-state index < -0.39 is 0 Å². The molecule has 94 valence electrons. The predicted octanol–water partition coefficient (Wildman–Crippen LogP) is 3.93. The van der Waals surface area contributed by atoms with Crippen molar-refractivity contribution in [3.8, 4) is 5.75 Å². The zero-order valence-corrected chi connectivity index (χ0v) is 11.7. The van der Waals surface area contributed by atoms with Gasteiger partial charge in [0.2, 0.25) is 0 Å². The number of benzene rings is 1. The molecule has 1 atom stereocenters. The average Bonchev–Trinajstić information content (AvgIpc) is 2.29. The molecular formula is C12H14Cl3NO. The van der Waals surface area contributed by atoms with Crippen LogP contribution in [0.2, 0.25) is 5.02 Å². The highest BCUT2D eigenvalue weighted by atomic mass is 35.5. The van der Waals surface area contributed by atoms with Crippen molar-refractivity contribution >= 4 is 34.8 Å². The van der Waals surface area contributed by atoms with Crippen LogP contribution in [0.4, 0.5) is 0 Å². The second kappa shape index (κ2) is 7.12. The Bertz CT molecular complexity index is 405. The zero-order chi connectivity index (χ0) is 12.8. The summed E-state index contributed by atoms with van der Waals surface area (Å²) in [5, 5.41) is 1.07. The van der Waals surface area contributed by atoms with Gasteiger partial charge in [-0.2, -0.15) is 0 Å². The molecule has 0 fully saturated rings. The lowest BCUT2D eigenvalue weighted by Crippen LogP contribution is -2.18. The molecule has 0 heterocycles. The molecule has 0 saturated carbocycles. The number of hydrogen-bond acceptors (Lipinski definition) is 2. The summed E-state index contributed by atoms with van der Waals surface area (Å²) in [4.78, 5) is 0. The highest BCUT2D eigenvalue weighted by Gasteiger charge is 2.10. The number of hydrogen-bond donors (Lipinski definition) is 1. The molecule has 17 heavy (non-hydrogen) atoms. The van der Waals surface area contributed by atoms with Crippen molar-refractivity contribution in [3.05, 3.63) is 39.4 Å². The Labute approximate surface area is 116 Å². The molecule has 0 saturated heterocycles. The Morgan fingerprint density at radius 1 is 1.53 bits per heavy atom. The van der Waals surface area contributed by atoms with Gasteiger partial charge < -0.3 is 10.5 Å². The number of nitrogens with two attached hydrogens (primary N) is 1. The summed E-state index contributed by atoms with van der Waals surface area (Å²) in [6, 6.07) is 5.48. The van der Waals surface area contributed by atoms with E-state index >= 15 is 0 Å². The van der Waals surface area contributed by atoms with Crippen LogP contribution < -0.4 is 10.5 Å². The first-order valence-electron chi connectivity index (χ1n) is 5.15. The molecular weight excluding hydrogens is 280 g/mol. The van der Waals surface area contributed by atoms with Gasteiger partial charge in [-0.05, 0) is 25.5 Å². The molecule has 0 aliphatic carbocycles. The van der Waals surface area contributed by atoms with Gasteiger partial charge in [-0.15, -0.1) is 0 Å². The van der Waals surface area contributed by atoms with E-state index in [0.29, 0.717) is 22.2 Å². The van der Waals surface area contributed by atoms with Crippen molar-refractivity contribution in [2.75, 3.05) is 6.61 Å². The van der Waals surface area contributed by atoms with E-state index in [9.17, 15) is 0 Å². The van der Waals surface area contributed by atoms with Gasteiger partial charge in [0.15, 0.2) is 0 Å². The van der Waals surface area contributed by atoms with Crippen molar-refractivity contribution in [1.29, 1.82) is 0 Å². The van der Waals surface area contributed by atoms with Crippen LogP contribution in [0.15, 0.2) is 28.8 Å². The maximum absolute atomic E-state index is 6.11. The van der Waals surface area contributed by atoms with Gasteiger partial charge in [-0.25, -0.2) is 0 Å². The van der Waals surface area contributed by atoms with E-state index in [4.69, 9.17) is 45.3 Å². The first-order valence-corrected chi connectivity index (χ1v) is 6.34. The van der Waals surface area contributed by atoms with E-state index in [1.165, 1.54) is 5.54 Å². The summed E-state index contributed by atoms with van der Waals surface area (Å²) < 4.78 is 5.55. The lowest BCUT2D eigenvalue weighted by molar-refractivity contribution is 0.354. The van der Waals surface area contributed by atoms with Gasteiger partial charge in [-0.1, -0.05) is 40.9 Å². The third-order valence-corrected chi connectivity index (χ3v) is 3.03. The zero-order valence-electron chi connectivity index (χ0n) is 9.42. The standard InChI is InChI=1S/C12H14Cl3NO/c1-8(16)5-10-11(15)3-2-4-12(10)17-7-9(14)6-13/h2-4,6,8H,5,7,16H2,1H3/b9-6-. The van der Waals surface area contributed by atoms with Gasteiger partial charge in [-0.3, -0.25) is 0 Å². The Kier molecular flexibility index (Phi) is 6.14. The maximum atomic E-state index is 6.11. The molecule has 1 rings (SSSR count). The molecule has 1 aromatic carbocycles. The first kappa shape index (κ1) is 14.7. The van der Waals surface area contributed by atoms with E-state index in [2.05, 4.69) is 0 Å². The minimum atomic E-state index is 0.0105. The Morgan fingerprint density at radius 3 is 2.82 bits per heavy atom. The maximum Gasteiger partial charge on any atom is 0.125 e. The van der Waals surface area contributed by atoms with Crippen LogP contribution in [0.5, 0.6) is 5.75 Å². The molecule has 2 N–H and O–H groups in total. The van der Waals surface area contributed by atoms with Crippen molar-refractivity contribution in [3.63, 3.8) is 0 Å². The summed E-state index contributed by atoms with van der Waals surface area (Å²) in [6.45, 7) is 2.14. The molecule has 0 spiro atoms. The third kappa shape index (κ3) is 4.76. The number of ether oxygens (including phenoxy) is 1. The van der Waals surface area contributed by atoms with Crippen molar-refractivity contribution < 1.29 is 4.74 Å². The fraction of sp³-hybridized carbons (Fsp3) is 0.333. The smallest absolute Gasteiger partial charge is 0.125 e. The predicted molar refractivity (Wildman–Crippen MR) is 74.1 cm³/mol. The molecule has 0 amide bonds. The van der Waals surface area contributed by atoms with Gasteiger partial charge >= 0.3 is 0 Å². The van der Waals surface area contributed by atoms with Crippen LogP contribution in [0, 0.1) is 0 Å². The lowest BCUT2D eigenvalue weighted by atomic mass is 10.1. The largest absolute Gasteiger partial charge is 0.488 e. The van der Waals surface area contributed by atoms with Crippen molar-refractivity contribution in [2.45, 2.75) is 19.4 Å². The topological polar surface area (TPSA) is 35.2 Å². The lowest BCUT2D eigenvalue weighted by Gasteiger charge is -2.14. The van der Waals surface area contributed by atoms with E-state index in [1.807, 2.05) is 25.1 Å². The highest BCUT2D eigenvalue weighted by Crippen LogP contribution is 2.28. The fourth-order valence-electron chi connectivity index (χ4n) is 1.37. The number of rotatable bonds is 5. The van der Waals surface area contributed by atoms with Crippen LogP contribution in [-0.2, 0) is 6.42 Å². The molecule has 5 heteroatoms. The Hall–Kier alpha value is -0.410. The van der Waals surface area contributed by atoms with Gasteiger partial charge in [0.25, 0.3) is 0 Å². The van der Waals surface area contributed by atoms with Crippen LogP contribution in [0.25, 0.3) is 0 Å². The minimum Gasteiger partial charge on any atom is -0.488 e. The van der Waals surface area contributed by atoms with E-state index in [1.54, 1.807) is 0 Å². The minimum absolute atomic E-state index is 0.0105. The van der Waals surface area contributed by atoms with Crippen LogP contribution in [0.3, 0.4) is 0 Å². The molecule has 0 aliphatic rings. The number of halogens is 3. The van der Waals surface area contributed by atoms with Gasteiger partial charge in [0.05, 0.1) is 5.03 Å². The Balaban J connectivity index is 2.86. The average molecular weight is 295 g/mol. The fourth-order valence-corrected chi connectivity index (χ4v) is 1.73. The molecule has 0 aromatic heterocycles. The van der Waals surface area contributed by atoms with E-state index in [-0.39, 0.29) is 12.6 Å². The van der Waals surface area contributed by atoms with E-state index in [0.717, 1.165) is 5.56 Å². The second-order valence-corrected chi connectivity index (χ2v) is 4.85.